The number of carbonyl (C=O) groups is 2. The normalized spacial score (nSPS) is 17.6. The van der Waals surface area contributed by atoms with Gasteiger partial charge in [-0.15, -0.1) is 0 Å². The molecule has 0 spiro atoms. The molecule has 0 aromatic heterocycles. The molecule has 1 atom stereocenters. The number of aryl methyl sites for hydroxylation is 2. The molecule has 1 N–H and O–H groups in total. The number of aliphatic hydroxyl groups excluding tert-OH is 1. The van der Waals surface area contributed by atoms with E-state index in [-0.39, 0.29) is 11.3 Å². The van der Waals surface area contributed by atoms with E-state index in [1.807, 2.05) is 56.3 Å². The van der Waals surface area contributed by atoms with Crippen molar-refractivity contribution in [1.82, 2.24) is 0 Å². The predicted molar refractivity (Wildman–Crippen MR) is 128 cm³/mol. The molecule has 162 valence electrons. The second-order valence-corrected chi connectivity index (χ2v) is 8.63. The van der Waals surface area contributed by atoms with E-state index in [1.165, 1.54) is 4.90 Å². The third-order valence-corrected chi connectivity index (χ3v) is 6.13. The van der Waals surface area contributed by atoms with Gasteiger partial charge in [0.15, 0.2) is 0 Å². The molecular formula is C26H22BrNO4. The first-order valence-corrected chi connectivity index (χ1v) is 10.9. The predicted octanol–water partition coefficient (Wildman–Crippen LogP) is 5.70. The minimum Gasteiger partial charge on any atom is -0.507 e. The van der Waals surface area contributed by atoms with Crippen molar-refractivity contribution in [2.24, 2.45) is 0 Å². The topological polar surface area (TPSA) is 66.8 Å². The average molecular weight is 492 g/mol. The van der Waals surface area contributed by atoms with Crippen molar-refractivity contribution in [3.05, 3.63) is 99.0 Å². The van der Waals surface area contributed by atoms with Crippen LogP contribution < -0.4 is 9.64 Å². The number of halogens is 1. The van der Waals surface area contributed by atoms with Gasteiger partial charge < -0.3 is 9.84 Å². The lowest BCUT2D eigenvalue weighted by atomic mass is 9.94. The third kappa shape index (κ3) is 3.82. The minimum atomic E-state index is -0.752. The Labute approximate surface area is 195 Å². The molecule has 3 aromatic rings. The molecule has 3 aromatic carbocycles. The summed E-state index contributed by atoms with van der Waals surface area (Å²) in [5, 5.41) is 11.2. The van der Waals surface area contributed by atoms with Gasteiger partial charge in [-0.05, 0) is 71.2 Å². The van der Waals surface area contributed by atoms with Crippen LogP contribution >= 0.6 is 15.9 Å². The van der Waals surface area contributed by atoms with E-state index in [0.29, 0.717) is 21.5 Å². The number of anilines is 1. The van der Waals surface area contributed by atoms with Crippen LogP contribution in [0, 0.1) is 13.8 Å². The largest absolute Gasteiger partial charge is 0.507 e. The van der Waals surface area contributed by atoms with Gasteiger partial charge in [-0.1, -0.05) is 42.0 Å². The molecule has 6 heteroatoms. The highest BCUT2D eigenvalue weighted by Crippen LogP contribution is 2.43. The van der Waals surface area contributed by atoms with Crippen LogP contribution in [0.3, 0.4) is 0 Å². The van der Waals surface area contributed by atoms with Gasteiger partial charge in [0.05, 0.1) is 23.2 Å². The van der Waals surface area contributed by atoms with E-state index in [4.69, 9.17) is 4.74 Å². The zero-order chi connectivity index (χ0) is 23.0. The highest BCUT2D eigenvalue weighted by molar-refractivity contribution is 9.10. The highest BCUT2D eigenvalue weighted by atomic mass is 79.9. The Morgan fingerprint density at radius 2 is 1.66 bits per heavy atom. The molecule has 1 fully saturated rings. The summed E-state index contributed by atoms with van der Waals surface area (Å²) in [6, 6.07) is 19.3. The van der Waals surface area contributed by atoms with Crippen LogP contribution in [0.5, 0.6) is 5.75 Å². The Hall–Kier alpha value is -3.38. The Balaban J connectivity index is 1.95. The number of amides is 1. The number of hydrogen-bond donors (Lipinski definition) is 1. The van der Waals surface area contributed by atoms with Crippen LogP contribution in [0.2, 0.25) is 0 Å². The Bertz CT molecular complexity index is 1260. The maximum Gasteiger partial charge on any atom is 0.300 e. The molecule has 0 bridgehead atoms. The number of aliphatic hydroxyl groups is 1. The molecule has 1 unspecified atom stereocenters. The van der Waals surface area contributed by atoms with Crippen molar-refractivity contribution < 1.29 is 19.4 Å². The summed E-state index contributed by atoms with van der Waals surface area (Å²) in [7, 11) is 1.55. The highest BCUT2D eigenvalue weighted by Gasteiger charge is 2.47. The smallest absolute Gasteiger partial charge is 0.300 e. The zero-order valence-electron chi connectivity index (χ0n) is 17.9. The first-order valence-electron chi connectivity index (χ1n) is 10.1. The van der Waals surface area contributed by atoms with Gasteiger partial charge in [-0.2, -0.15) is 0 Å². The first kappa shape index (κ1) is 21.8. The summed E-state index contributed by atoms with van der Waals surface area (Å²) in [6.45, 7) is 3.87. The van der Waals surface area contributed by atoms with Gasteiger partial charge in [0.1, 0.15) is 11.5 Å². The standard InChI is InChI=1S/C26H22BrNO4/c1-15-6-4-8-17(12-15)23-22(24(29)18-10-11-21(32-3)20(27)14-18)25(30)26(31)28(23)19-9-5-7-16(2)13-19/h4-14,23,29H,1-3H3/b24-22-. The number of rotatable bonds is 4. The van der Waals surface area contributed by atoms with Crippen molar-refractivity contribution in [2.45, 2.75) is 19.9 Å². The Morgan fingerprint density at radius 1 is 0.969 bits per heavy atom. The van der Waals surface area contributed by atoms with Crippen molar-refractivity contribution in [3.8, 4) is 5.75 Å². The summed E-state index contributed by atoms with van der Waals surface area (Å²) >= 11 is 3.42. The zero-order valence-corrected chi connectivity index (χ0v) is 19.5. The van der Waals surface area contributed by atoms with Crippen molar-refractivity contribution in [2.75, 3.05) is 12.0 Å². The van der Waals surface area contributed by atoms with E-state index in [9.17, 15) is 14.7 Å². The summed E-state index contributed by atoms with van der Waals surface area (Å²) in [5.74, 6) is -1.02. The van der Waals surface area contributed by atoms with Gasteiger partial charge in [-0.3, -0.25) is 14.5 Å². The van der Waals surface area contributed by atoms with E-state index in [2.05, 4.69) is 15.9 Å². The van der Waals surface area contributed by atoms with Gasteiger partial charge in [0.25, 0.3) is 11.7 Å². The number of hydrogen-bond acceptors (Lipinski definition) is 4. The molecule has 1 aliphatic rings. The van der Waals surface area contributed by atoms with E-state index in [0.717, 1.165) is 16.7 Å². The average Bonchev–Trinajstić information content (AvgIpc) is 3.04. The van der Waals surface area contributed by atoms with Crippen molar-refractivity contribution in [3.63, 3.8) is 0 Å². The SMILES string of the molecule is COc1ccc(/C(O)=C2/C(=O)C(=O)N(c3cccc(C)c3)C2c2cccc(C)c2)cc1Br. The van der Waals surface area contributed by atoms with E-state index >= 15 is 0 Å². The summed E-state index contributed by atoms with van der Waals surface area (Å²) < 4.78 is 5.89. The van der Waals surface area contributed by atoms with Crippen LogP contribution in [0.25, 0.3) is 5.76 Å². The summed E-state index contributed by atoms with van der Waals surface area (Å²) in [4.78, 5) is 27.9. The fourth-order valence-corrected chi connectivity index (χ4v) is 4.54. The van der Waals surface area contributed by atoms with Crippen LogP contribution in [-0.4, -0.2) is 23.9 Å². The Morgan fingerprint density at radius 3 is 2.28 bits per heavy atom. The van der Waals surface area contributed by atoms with Gasteiger partial charge in [0.2, 0.25) is 0 Å². The first-order chi connectivity index (χ1) is 15.3. The van der Waals surface area contributed by atoms with Gasteiger partial charge in [-0.25, -0.2) is 0 Å². The maximum absolute atomic E-state index is 13.2. The van der Waals surface area contributed by atoms with Gasteiger partial charge >= 0.3 is 0 Å². The number of Topliss-reactive ketones (excluding diaryl/α,β-unsaturated/α-hetero) is 1. The third-order valence-electron chi connectivity index (χ3n) is 5.51. The Kier molecular flexibility index (Phi) is 5.89. The van der Waals surface area contributed by atoms with Crippen LogP contribution in [0.1, 0.15) is 28.3 Å². The van der Waals surface area contributed by atoms with Gasteiger partial charge in [0, 0.05) is 11.3 Å². The fraction of sp³-hybridized carbons (Fsp3) is 0.154. The molecule has 5 nitrogen and oxygen atoms in total. The quantitative estimate of drug-likeness (QED) is 0.288. The van der Waals surface area contributed by atoms with E-state index in [1.54, 1.807) is 31.4 Å². The lowest BCUT2D eigenvalue weighted by Crippen LogP contribution is -2.29. The molecule has 4 rings (SSSR count). The molecule has 0 saturated carbocycles. The molecule has 32 heavy (non-hydrogen) atoms. The molecule has 0 radical (unpaired) electrons. The molecule has 1 aliphatic heterocycles. The number of benzene rings is 3. The second-order valence-electron chi connectivity index (χ2n) is 7.77. The van der Waals surface area contributed by atoms with Crippen molar-refractivity contribution in [1.29, 1.82) is 0 Å². The van der Waals surface area contributed by atoms with Crippen molar-refractivity contribution >= 4 is 39.1 Å². The summed E-state index contributed by atoms with van der Waals surface area (Å²) in [5.41, 5.74) is 3.78. The lowest BCUT2D eigenvalue weighted by Gasteiger charge is -2.26. The number of ether oxygens (including phenoxy) is 1. The van der Waals surface area contributed by atoms with Crippen LogP contribution in [0.4, 0.5) is 5.69 Å². The fourth-order valence-electron chi connectivity index (χ4n) is 4.00. The second kappa shape index (κ2) is 8.63. The number of ketones is 1. The number of methoxy groups -OCH3 is 1. The number of carbonyl (C=O) groups excluding carboxylic acids is 2. The molecular weight excluding hydrogens is 470 g/mol. The van der Waals surface area contributed by atoms with E-state index < -0.39 is 17.7 Å². The molecule has 0 aliphatic carbocycles. The molecule has 1 saturated heterocycles. The lowest BCUT2D eigenvalue weighted by molar-refractivity contribution is -0.132. The molecule has 1 heterocycles. The van der Waals surface area contributed by atoms with Crippen LogP contribution in [-0.2, 0) is 9.59 Å². The number of nitrogens with zero attached hydrogens (tertiary/aromatic N) is 1. The molecule has 1 amide bonds. The summed E-state index contributed by atoms with van der Waals surface area (Å²) in [6.07, 6.45) is 0. The monoisotopic (exact) mass is 491 g/mol. The maximum atomic E-state index is 13.2. The van der Waals surface area contributed by atoms with Crippen LogP contribution in [0.15, 0.2) is 76.8 Å². The minimum absolute atomic E-state index is 0.0548.